The molecule has 0 aromatic heterocycles. The average Bonchev–Trinajstić information content (AvgIpc) is 2.57. The Morgan fingerprint density at radius 2 is 1.07 bits per heavy atom. The predicted octanol–water partition coefficient (Wildman–Crippen LogP) is 1.89. The summed E-state index contributed by atoms with van der Waals surface area (Å²) in [7, 11) is -7.37. The van der Waals surface area contributed by atoms with E-state index in [0.717, 1.165) is 38.6 Å². The van der Waals surface area contributed by atoms with Gasteiger partial charge in [0, 0.05) is 13.2 Å². The van der Waals surface area contributed by atoms with E-state index < -0.39 is 20.2 Å². The molecule has 28 heavy (non-hydrogen) atoms. The number of hydrogen-bond donors (Lipinski definition) is 5. The molecule has 0 aliphatic heterocycles. The molecule has 0 aromatic carbocycles. The zero-order valence-corrected chi connectivity index (χ0v) is 19.5. The largest absolute Gasteiger partial charge is 0.396 e. The van der Waals surface area contributed by atoms with E-state index in [4.69, 9.17) is 19.3 Å². The third kappa shape index (κ3) is 50.2. The van der Waals surface area contributed by atoms with Crippen LogP contribution in [0.2, 0.25) is 0 Å². The van der Waals surface area contributed by atoms with E-state index >= 15 is 0 Å². The fourth-order valence-corrected chi connectivity index (χ4v) is 2.88. The molecule has 0 saturated heterocycles. The van der Waals surface area contributed by atoms with Crippen molar-refractivity contribution in [1.82, 2.24) is 5.32 Å². The lowest BCUT2D eigenvalue weighted by Gasteiger charge is -2.01. The Balaban J connectivity index is -0.000000155. The molecular weight excluding hydrogens is 434 g/mol. The molecule has 0 radical (unpaired) electrons. The lowest BCUT2D eigenvalue weighted by Crippen LogP contribution is -2.19. The van der Waals surface area contributed by atoms with Crippen LogP contribution in [-0.4, -0.2) is 74.0 Å². The lowest BCUT2D eigenvalue weighted by molar-refractivity contribution is 0.281. The zero-order chi connectivity index (χ0) is 21.6. The summed E-state index contributed by atoms with van der Waals surface area (Å²) in [6, 6.07) is 0. The quantitative estimate of drug-likeness (QED) is 0.187. The average molecular weight is 474 g/mol. The first-order chi connectivity index (χ1) is 12.5. The Kier molecular flexibility index (Phi) is 31.7. The summed E-state index contributed by atoms with van der Waals surface area (Å²) in [5.74, 6) is -0.215. The Bertz CT molecular complexity index is 443. The summed E-state index contributed by atoms with van der Waals surface area (Å²) in [5, 5.41) is 20.0. The number of unbranched alkanes of at least 4 members (excludes halogenated alkanes) is 5. The summed E-state index contributed by atoms with van der Waals surface area (Å²) in [6.07, 6.45) is 6.99. The van der Waals surface area contributed by atoms with Crippen molar-refractivity contribution in [2.45, 2.75) is 65.2 Å². The van der Waals surface area contributed by atoms with Gasteiger partial charge in [-0.1, -0.05) is 39.5 Å². The summed E-state index contributed by atoms with van der Waals surface area (Å²) >= 11 is 0. The van der Waals surface area contributed by atoms with Crippen molar-refractivity contribution >= 4 is 32.6 Å². The number of aliphatic hydroxyl groups is 2. The van der Waals surface area contributed by atoms with E-state index in [-0.39, 0.29) is 30.5 Å². The minimum atomic E-state index is -3.69. The highest BCUT2D eigenvalue weighted by Crippen LogP contribution is 1.97. The first kappa shape index (κ1) is 35.4. The van der Waals surface area contributed by atoms with Gasteiger partial charge in [-0.3, -0.25) is 9.11 Å². The van der Waals surface area contributed by atoms with Crippen molar-refractivity contribution in [3.05, 3.63) is 0 Å². The summed E-state index contributed by atoms with van der Waals surface area (Å²) in [4.78, 5) is 0. The molecule has 0 spiro atoms. The Hall–Kier alpha value is -0.0100. The maximum Gasteiger partial charge on any atom is 0.264 e. The minimum absolute atomic E-state index is 0. The molecule has 9 nitrogen and oxygen atoms in total. The highest BCUT2D eigenvalue weighted by Gasteiger charge is 2.00. The van der Waals surface area contributed by atoms with Gasteiger partial charge in [-0.15, -0.1) is 12.4 Å². The van der Waals surface area contributed by atoms with Gasteiger partial charge >= 0.3 is 0 Å². The van der Waals surface area contributed by atoms with Crippen LogP contribution in [0, 0.1) is 0 Å². The fraction of sp³-hybridized carbons (Fsp3) is 1.00. The summed E-state index contributed by atoms with van der Waals surface area (Å²) in [5.41, 5.74) is 0. The van der Waals surface area contributed by atoms with Crippen molar-refractivity contribution in [3.63, 3.8) is 0 Å². The third-order valence-corrected chi connectivity index (χ3v) is 4.67. The molecule has 0 aromatic rings. The molecule has 0 rings (SSSR count). The minimum Gasteiger partial charge on any atom is -0.396 e. The maximum atomic E-state index is 9.95. The number of aliphatic hydroxyl groups excluding tert-OH is 2. The van der Waals surface area contributed by atoms with Crippen molar-refractivity contribution in [1.29, 1.82) is 0 Å². The van der Waals surface area contributed by atoms with Crippen molar-refractivity contribution in [3.8, 4) is 0 Å². The smallest absolute Gasteiger partial charge is 0.264 e. The van der Waals surface area contributed by atoms with E-state index in [1.807, 2.05) is 13.8 Å². The topological polar surface area (TPSA) is 161 Å². The molecule has 0 bridgehead atoms. The van der Waals surface area contributed by atoms with Gasteiger partial charge in [0.05, 0.1) is 18.1 Å². The van der Waals surface area contributed by atoms with Gasteiger partial charge in [0.2, 0.25) is 0 Å². The van der Waals surface area contributed by atoms with E-state index in [2.05, 4.69) is 5.32 Å². The normalized spacial score (nSPS) is 10.8. The first-order valence-electron chi connectivity index (χ1n) is 9.36. The molecule has 0 saturated carbocycles. The molecule has 0 amide bonds. The van der Waals surface area contributed by atoms with Crippen LogP contribution < -0.4 is 5.32 Å². The van der Waals surface area contributed by atoms with Crippen LogP contribution in [0.5, 0.6) is 0 Å². The predicted molar refractivity (Wildman–Crippen MR) is 115 cm³/mol. The van der Waals surface area contributed by atoms with Gasteiger partial charge < -0.3 is 15.5 Å². The van der Waals surface area contributed by atoms with Crippen LogP contribution in [0.25, 0.3) is 0 Å². The monoisotopic (exact) mass is 473 g/mol. The molecule has 176 valence electrons. The van der Waals surface area contributed by atoms with Crippen LogP contribution in [0.4, 0.5) is 0 Å². The zero-order valence-electron chi connectivity index (χ0n) is 17.0. The number of nitrogens with one attached hydrogen (secondary N) is 1. The third-order valence-electron chi connectivity index (χ3n) is 3.06. The Labute approximate surface area is 177 Å². The highest BCUT2D eigenvalue weighted by molar-refractivity contribution is 7.86. The molecule has 0 unspecified atom stereocenters. The maximum absolute atomic E-state index is 9.95. The van der Waals surface area contributed by atoms with E-state index in [0.29, 0.717) is 26.0 Å². The lowest BCUT2D eigenvalue weighted by atomic mass is 10.2. The summed E-state index contributed by atoms with van der Waals surface area (Å²) in [6.45, 7) is 5.93. The van der Waals surface area contributed by atoms with Crippen molar-refractivity contribution < 1.29 is 36.2 Å². The van der Waals surface area contributed by atoms with E-state index in [1.165, 1.54) is 6.42 Å². The Morgan fingerprint density at radius 3 is 1.36 bits per heavy atom. The van der Waals surface area contributed by atoms with Crippen LogP contribution in [0.15, 0.2) is 0 Å². The van der Waals surface area contributed by atoms with Gasteiger partial charge in [-0.05, 0) is 32.2 Å². The first-order valence-corrected chi connectivity index (χ1v) is 12.6. The van der Waals surface area contributed by atoms with Gasteiger partial charge in [-0.25, -0.2) is 0 Å². The van der Waals surface area contributed by atoms with Crippen LogP contribution >= 0.6 is 12.4 Å². The second kappa shape index (κ2) is 25.0. The van der Waals surface area contributed by atoms with Crippen molar-refractivity contribution in [2.24, 2.45) is 0 Å². The fourth-order valence-electron chi connectivity index (χ4n) is 1.57. The van der Waals surface area contributed by atoms with Gasteiger partial charge in [-0.2, -0.15) is 16.8 Å². The van der Waals surface area contributed by atoms with E-state index in [1.54, 1.807) is 0 Å². The molecular formula is C16H40ClNO8S2. The van der Waals surface area contributed by atoms with Crippen LogP contribution in [-0.2, 0) is 20.2 Å². The number of halogens is 1. The SMILES string of the molecule is CCCCS(=O)(=O)O.CCCCS(=O)(=O)O.Cl.OCCCCCCNCCO. The van der Waals surface area contributed by atoms with Gasteiger partial charge in [0.1, 0.15) is 0 Å². The van der Waals surface area contributed by atoms with Gasteiger partial charge in [0.25, 0.3) is 20.2 Å². The molecule has 5 N–H and O–H groups in total. The summed E-state index contributed by atoms with van der Waals surface area (Å²) < 4.78 is 56.0. The molecule has 0 aliphatic carbocycles. The molecule has 0 atom stereocenters. The highest BCUT2D eigenvalue weighted by atomic mass is 35.5. The number of rotatable bonds is 14. The standard InChI is InChI=1S/C8H19NO2.2C4H10O3S.ClH/c10-7-4-2-1-3-5-9-6-8-11;2*1-2-3-4-8(5,6)7;/h9-11H,1-8H2;2*2-4H2,1H3,(H,5,6,7);1H. The van der Waals surface area contributed by atoms with Crippen LogP contribution in [0.1, 0.15) is 65.2 Å². The molecule has 0 aliphatic rings. The Morgan fingerprint density at radius 1 is 0.643 bits per heavy atom. The molecule has 0 fully saturated rings. The van der Waals surface area contributed by atoms with Crippen molar-refractivity contribution in [2.75, 3.05) is 37.8 Å². The van der Waals surface area contributed by atoms with Gasteiger partial charge in [0.15, 0.2) is 0 Å². The van der Waals surface area contributed by atoms with E-state index in [9.17, 15) is 16.8 Å². The second-order valence-electron chi connectivity index (χ2n) is 5.89. The second-order valence-corrected chi connectivity index (χ2v) is 9.03. The molecule has 0 heterocycles. The molecule has 12 heteroatoms. The number of hydrogen-bond acceptors (Lipinski definition) is 7. The van der Waals surface area contributed by atoms with Crippen LogP contribution in [0.3, 0.4) is 0 Å².